The number of nitrogens with one attached hydrogen (secondary N) is 1. The van der Waals surface area contributed by atoms with Gasteiger partial charge < -0.3 is 14.8 Å². The van der Waals surface area contributed by atoms with E-state index in [1.807, 2.05) is 6.26 Å². The van der Waals surface area contributed by atoms with Gasteiger partial charge in [-0.1, -0.05) is 6.07 Å². The van der Waals surface area contributed by atoms with Crippen LogP contribution in [-0.4, -0.2) is 39.2 Å². The van der Waals surface area contributed by atoms with E-state index >= 15 is 0 Å². The molecule has 0 fully saturated rings. The van der Waals surface area contributed by atoms with Gasteiger partial charge in [-0.15, -0.1) is 0 Å². The molecule has 1 heterocycles. The quantitative estimate of drug-likeness (QED) is 0.623. The number of oxazole rings is 1. The molecule has 0 amide bonds. The summed E-state index contributed by atoms with van der Waals surface area (Å²) in [6.45, 7) is 1.94. The number of nitro groups is 1. The lowest BCUT2D eigenvalue weighted by atomic mass is 10.1. The largest absolute Gasteiger partial charge is 0.423 e. The molecule has 2 rings (SSSR count). The molecule has 0 radical (unpaired) electrons. The van der Waals surface area contributed by atoms with Crippen molar-refractivity contribution in [3.63, 3.8) is 0 Å². The number of aliphatic hydroxyl groups is 1. The smallest absolute Gasteiger partial charge is 0.298 e. The number of benzene rings is 1. The molecule has 0 aliphatic heterocycles. The van der Waals surface area contributed by atoms with Crippen LogP contribution in [0.5, 0.6) is 0 Å². The molecule has 0 bridgehead atoms. The van der Waals surface area contributed by atoms with Crippen molar-refractivity contribution in [1.29, 1.82) is 0 Å². The zero-order valence-corrected chi connectivity index (χ0v) is 11.9. The Bertz CT molecular complexity index is 626. The lowest BCUT2D eigenvalue weighted by Crippen LogP contribution is -2.36. The summed E-state index contributed by atoms with van der Waals surface area (Å²) in [4.78, 5) is 14.4. The predicted octanol–water partition coefficient (Wildman–Crippen LogP) is 2.26. The molecular weight excluding hydrogens is 282 g/mol. The Morgan fingerprint density at radius 2 is 2.35 bits per heavy atom. The third-order valence-electron chi connectivity index (χ3n) is 2.67. The number of fused-ring (bicyclic) bond motifs is 1. The topological polar surface area (TPSA) is 101 Å². The first kappa shape index (κ1) is 14.6. The molecular formula is C12H15N3O4S. The normalized spacial score (nSPS) is 14.2. The minimum Gasteiger partial charge on any atom is -0.423 e. The van der Waals surface area contributed by atoms with Crippen molar-refractivity contribution in [2.45, 2.75) is 12.5 Å². The molecule has 0 saturated heterocycles. The van der Waals surface area contributed by atoms with Gasteiger partial charge in [-0.3, -0.25) is 10.1 Å². The van der Waals surface area contributed by atoms with Gasteiger partial charge in [-0.2, -0.15) is 16.7 Å². The number of hydrogen-bond donors (Lipinski definition) is 2. The van der Waals surface area contributed by atoms with Gasteiger partial charge in [0.05, 0.1) is 10.5 Å². The van der Waals surface area contributed by atoms with Crippen molar-refractivity contribution in [3.05, 3.63) is 28.3 Å². The highest BCUT2D eigenvalue weighted by atomic mass is 32.2. The number of para-hydroxylation sites is 1. The zero-order valence-electron chi connectivity index (χ0n) is 11.1. The molecule has 2 N–H and O–H groups in total. The zero-order chi connectivity index (χ0) is 14.8. The van der Waals surface area contributed by atoms with Gasteiger partial charge in [-0.25, -0.2) is 0 Å². The molecule has 1 unspecified atom stereocenters. The van der Waals surface area contributed by atoms with Crippen molar-refractivity contribution in [2.24, 2.45) is 0 Å². The minimum atomic E-state index is -0.911. The first-order valence-corrected chi connectivity index (χ1v) is 7.31. The highest BCUT2D eigenvalue weighted by Gasteiger charge is 2.22. The third kappa shape index (κ3) is 3.20. The average molecular weight is 297 g/mol. The van der Waals surface area contributed by atoms with E-state index in [0.717, 1.165) is 0 Å². The van der Waals surface area contributed by atoms with Crippen LogP contribution in [0.4, 0.5) is 11.7 Å². The van der Waals surface area contributed by atoms with Gasteiger partial charge in [0.15, 0.2) is 11.1 Å². The van der Waals surface area contributed by atoms with Crippen molar-refractivity contribution < 1.29 is 14.4 Å². The second kappa shape index (κ2) is 5.68. The van der Waals surface area contributed by atoms with E-state index < -0.39 is 10.5 Å². The van der Waals surface area contributed by atoms with Crippen LogP contribution in [0.3, 0.4) is 0 Å². The Kier molecular flexibility index (Phi) is 4.15. The highest BCUT2D eigenvalue weighted by Crippen LogP contribution is 2.27. The summed E-state index contributed by atoms with van der Waals surface area (Å²) < 4.78 is 5.39. The van der Waals surface area contributed by atoms with Gasteiger partial charge in [-0.05, 0) is 19.2 Å². The summed E-state index contributed by atoms with van der Waals surface area (Å²) in [5, 5.41) is 23.8. The van der Waals surface area contributed by atoms with Crippen LogP contribution in [0.25, 0.3) is 11.1 Å². The van der Waals surface area contributed by atoms with Crippen LogP contribution < -0.4 is 5.32 Å². The predicted molar refractivity (Wildman–Crippen MR) is 78.2 cm³/mol. The van der Waals surface area contributed by atoms with E-state index in [4.69, 9.17) is 4.42 Å². The fourth-order valence-electron chi connectivity index (χ4n) is 1.78. The van der Waals surface area contributed by atoms with E-state index in [-0.39, 0.29) is 23.8 Å². The summed E-state index contributed by atoms with van der Waals surface area (Å²) in [6.07, 6.45) is 1.90. The molecule has 0 spiro atoms. The number of hydrogen-bond acceptors (Lipinski definition) is 7. The Balaban J connectivity index is 2.20. The summed E-state index contributed by atoms with van der Waals surface area (Å²) >= 11 is 1.52. The minimum absolute atomic E-state index is 0.102. The summed E-state index contributed by atoms with van der Waals surface area (Å²) in [5.41, 5.74) is -0.475. The van der Waals surface area contributed by atoms with Gasteiger partial charge in [0.2, 0.25) is 0 Å². The van der Waals surface area contributed by atoms with E-state index in [2.05, 4.69) is 10.3 Å². The maximum absolute atomic E-state index is 10.9. The maximum Gasteiger partial charge on any atom is 0.298 e. The Morgan fingerprint density at radius 1 is 1.60 bits per heavy atom. The van der Waals surface area contributed by atoms with Crippen LogP contribution in [0, 0.1) is 10.1 Å². The SMILES string of the molecule is CSCC(C)(O)CNc1nc2c([N+](=O)[O-])cccc2o1. The van der Waals surface area contributed by atoms with Crippen LogP contribution in [0.2, 0.25) is 0 Å². The van der Waals surface area contributed by atoms with Crippen LogP contribution >= 0.6 is 11.8 Å². The molecule has 0 saturated carbocycles. The molecule has 20 heavy (non-hydrogen) atoms. The lowest BCUT2D eigenvalue weighted by molar-refractivity contribution is -0.383. The van der Waals surface area contributed by atoms with Gasteiger partial charge in [0, 0.05) is 18.4 Å². The molecule has 1 aromatic heterocycles. The van der Waals surface area contributed by atoms with Crippen LogP contribution in [0.15, 0.2) is 22.6 Å². The first-order chi connectivity index (χ1) is 9.43. The van der Waals surface area contributed by atoms with Gasteiger partial charge in [0.25, 0.3) is 11.7 Å². The standard InChI is InChI=1S/C12H15N3O4S/c1-12(16,7-20-2)6-13-11-14-10-8(15(17)18)4-3-5-9(10)19-11/h3-5,16H,6-7H2,1-2H3,(H,13,14). The number of aromatic nitrogens is 1. The molecule has 2 aromatic rings. The molecule has 8 heteroatoms. The Labute approximate surface area is 119 Å². The van der Waals surface area contributed by atoms with E-state index in [1.165, 1.54) is 17.8 Å². The lowest BCUT2D eigenvalue weighted by Gasteiger charge is -2.21. The highest BCUT2D eigenvalue weighted by molar-refractivity contribution is 7.98. The summed E-state index contributed by atoms with van der Waals surface area (Å²) in [6, 6.07) is 4.69. The van der Waals surface area contributed by atoms with Crippen molar-refractivity contribution >= 4 is 34.6 Å². The third-order valence-corrected chi connectivity index (χ3v) is 3.58. The van der Waals surface area contributed by atoms with E-state index in [9.17, 15) is 15.2 Å². The van der Waals surface area contributed by atoms with Crippen LogP contribution in [-0.2, 0) is 0 Å². The molecule has 0 aliphatic carbocycles. The summed E-state index contributed by atoms with van der Waals surface area (Å²) in [5.74, 6) is 0.556. The Morgan fingerprint density at radius 3 is 3.00 bits per heavy atom. The number of thioether (sulfide) groups is 1. The molecule has 1 aromatic carbocycles. The Hall–Kier alpha value is -1.80. The number of nitro benzene ring substituents is 1. The molecule has 0 aliphatic rings. The second-order valence-electron chi connectivity index (χ2n) is 4.68. The van der Waals surface area contributed by atoms with Crippen molar-refractivity contribution in [2.75, 3.05) is 23.9 Å². The molecule has 7 nitrogen and oxygen atoms in total. The fourth-order valence-corrected chi connectivity index (χ4v) is 2.51. The monoisotopic (exact) mass is 297 g/mol. The van der Waals surface area contributed by atoms with Gasteiger partial charge >= 0.3 is 0 Å². The first-order valence-electron chi connectivity index (χ1n) is 5.92. The number of rotatable bonds is 6. The molecule has 108 valence electrons. The number of non-ortho nitro benzene ring substituents is 1. The van der Waals surface area contributed by atoms with E-state index in [0.29, 0.717) is 11.3 Å². The second-order valence-corrected chi connectivity index (χ2v) is 5.55. The van der Waals surface area contributed by atoms with Crippen molar-refractivity contribution in [1.82, 2.24) is 4.98 Å². The van der Waals surface area contributed by atoms with E-state index in [1.54, 1.807) is 19.1 Å². The van der Waals surface area contributed by atoms with Crippen LogP contribution in [0.1, 0.15) is 6.92 Å². The van der Waals surface area contributed by atoms with Gasteiger partial charge in [0.1, 0.15) is 0 Å². The van der Waals surface area contributed by atoms with Crippen molar-refractivity contribution in [3.8, 4) is 0 Å². The summed E-state index contributed by atoms with van der Waals surface area (Å²) in [7, 11) is 0. The fraction of sp³-hybridized carbons (Fsp3) is 0.417. The maximum atomic E-state index is 10.9. The number of nitrogens with zero attached hydrogens (tertiary/aromatic N) is 2. The molecule has 1 atom stereocenters. The average Bonchev–Trinajstić information content (AvgIpc) is 2.78. The number of anilines is 1.